The molecule has 0 spiro atoms. The summed E-state index contributed by atoms with van der Waals surface area (Å²) in [6.45, 7) is 5.65. The van der Waals surface area contributed by atoms with E-state index in [1.807, 2.05) is 6.20 Å². The van der Waals surface area contributed by atoms with Gasteiger partial charge in [0.2, 0.25) is 0 Å². The van der Waals surface area contributed by atoms with Crippen molar-refractivity contribution in [2.24, 2.45) is 0 Å². The number of hydrogen-bond donors (Lipinski definition) is 1. The van der Waals surface area contributed by atoms with Crippen LogP contribution in [-0.2, 0) is 6.42 Å². The van der Waals surface area contributed by atoms with Crippen LogP contribution >= 0.6 is 0 Å². The maximum absolute atomic E-state index is 4.64. The molecule has 1 atom stereocenters. The maximum Gasteiger partial charge on any atom is 0.0648 e. The number of para-hydroxylation sites is 1. The predicted molar refractivity (Wildman–Crippen MR) is 82.4 cm³/mol. The van der Waals surface area contributed by atoms with Gasteiger partial charge in [0, 0.05) is 18.2 Å². The summed E-state index contributed by atoms with van der Waals surface area (Å²) in [6.07, 6.45) is 5.68. The topological polar surface area (TPSA) is 29.9 Å². The Balaban J connectivity index is 1.97. The van der Waals surface area contributed by atoms with Crippen molar-refractivity contribution in [3.05, 3.63) is 47.8 Å². The number of nitrogens with zero attached hydrogens (tertiary/aromatic N) is 2. The van der Waals surface area contributed by atoms with Crippen molar-refractivity contribution in [3.8, 4) is 5.69 Å². The van der Waals surface area contributed by atoms with Crippen LogP contribution in [0.1, 0.15) is 43.9 Å². The number of aromatic nitrogens is 2. The minimum absolute atomic E-state index is 0.517. The average molecular weight is 269 g/mol. The molecule has 1 N–H and O–H groups in total. The molecule has 0 bridgehead atoms. The molecule has 106 valence electrons. The van der Waals surface area contributed by atoms with Crippen LogP contribution < -0.4 is 5.32 Å². The average Bonchev–Trinajstić information content (AvgIpc) is 3.10. The summed E-state index contributed by atoms with van der Waals surface area (Å²) < 4.78 is 2.12. The van der Waals surface area contributed by atoms with Crippen LogP contribution in [0.2, 0.25) is 0 Å². The van der Waals surface area contributed by atoms with E-state index in [1.54, 1.807) is 0 Å². The lowest BCUT2D eigenvalue weighted by Gasteiger charge is -2.15. The zero-order valence-corrected chi connectivity index (χ0v) is 12.3. The first-order chi connectivity index (χ1) is 9.75. The zero-order chi connectivity index (χ0) is 13.9. The summed E-state index contributed by atoms with van der Waals surface area (Å²) >= 11 is 0. The minimum atomic E-state index is 0.517. The molecular formula is C17H23N3. The number of rotatable bonds is 4. The second kappa shape index (κ2) is 5.80. The van der Waals surface area contributed by atoms with Crippen molar-refractivity contribution in [2.45, 2.75) is 45.1 Å². The first-order valence-corrected chi connectivity index (χ1v) is 7.61. The molecule has 1 aromatic heterocycles. The second-order valence-electron chi connectivity index (χ2n) is 5.95. The Bertz CT molecular complexity index is 551. The van der Waals surface area contributed by atoms with Gasteiger partial charge in [-0.05, 0) is 43.0 Å². The first kappa shape index (κ1) is 13.4. The van der Waals surface area contributed by atoms with Gasteiger partial charge in [-0.25, -0.2) is 4.68 Å². The van der Waals surface area contributed by atoms with E-state index in [9.17, 15) is 0 Å². The molecule has 0 amide bonds. The van der Waals surface area contributed by atoms with Gasteiger partial charge in [-0.3, -0.25) is 0 Å². The Morgan fingerprint density at radius 3 is 2.75 bits per heavy atom. The first-order valence-electron chi connectivity index (χ1n) is 7.61. The third-order valence-electron chi connectivity index (χ3n) is 4.13. The van der Waals surface area contributed by atoms with Crippen LogP contribution in [0.25, 0.3) is 5.69 Å². The predicted octanol–water partition coefficient (Wildman–Crippen LogP) is 3.29. The Morgan fingerprint density at radius 1 is 1.30 bits per heavy atom. The molecule has 0 aliphatic carbocycles. The second-order valence-corrected chi connectivity index (χ2v) is 5.95. The largest absolute Gasteiger partial charge is 0.314 e. The van der Waals surface area contributed by atoms with Gasteiger partial charge in [0.25, 0.3) is 0 Å². The lowest BCUT2D eigenvalue weighted by atomic mass is 9.99. The van der Waals surface area contributed by atoms with Gasteiger partial charge in [0.15, 0.2) is 0 Å². The molecule has 3 rings (SSSR count). The minimum Gasteiger partial charge on any atom is -0.314 e. The summed E-state index contributed by atoms with van der Waals surface area (Å²) in [6, 6.07) is 11.1. The fourth-order valence-electron chi connectivity index (χ4n) is 3.03. The molecule has 1 aliphatic rings. The quantitative estimate of drug-likeness (QED) is 0.923. The molecule has 1 unspecified atom stereocenters. The number of nitrogens with one attached hydrogen (secondary N) is 1. The van der Waals surface area contributed by atoms with E-state index in [2.05, 4.69) is 59.3 Å². The van der Waals surface area contributed by atoms with E-state index in [1.165, 1.54) is 24.1 Å². The summed E-state index contributed by atoms with van der Waals surface area (Å²) in [5.41, 5.74) is 3.90. The van der Waals surface area contributed by atoms with Gasteiger partial charge < -0.3 is 5.32 Å². The molecule has 3 heteroatoms. The Labute approximate surface area is 121 Å². The molecule has 1 saturated heterocycles. The van der Waals surface area contributed by atoms with E-state index in [-0.39, 0.29) is 0 Å². The van der Waals surface area contributed by atoms with Crippen molar-refractivity contribution in [1.82, 2.24) is 15.1 Å². The van der Waals surface area contributed by atoms with Crippen molar-refractivity contribution in [2.75, 3.05) is 6.54 Å². The summed E-state index contributed by atoms with van der Waals surface area (Å²) in [7, 11) is 0. The monoisotopic (exact) mass is 269 g/mol. The third-order valence-corrected chi connectivity index (χ3v) is 4.13. The molecule has 2 heterocycles. The van der Waals surface area contributed by atoms with Gasteiger partial charge in [-0.1, -0.05) is 32.0 Å². The Hall–Kier alpha value is -1.61. The maximum atomic E-state index is 4.64. The molecule has 0 radical (unpaired) electrons. The molecule has 1 aromatic carbocycles. The Kier molecular flexibility index (Phi) is 3.88. The van der Waals surface area contributed by atoms with Gasteiger partial charge in [0.1, 0.15) is 0 Å². The van der Waals surface area contributed by atoms with Gasteiger partial charge in [-0.15, -0.1) is 0 Å². The van der Waals surface area contributed by atoms with Gasteiger partial charge >= 0.3 is 0 Å². The van der Waals surface area contributed by atoms with E-state index >= 15 is 0 Å². The Morgan fingerprint density at radius 2 is 2.10 bits per heavy atom. The highest BCUT2D eigenvalue weighted by Crippen LogP contribution is 2.24. The SMILES string of the molecule is CC(C)c1cnn(-c2ccccc2)c1CC1CCCN1. The van der Waals surface area contributed by atoms with Crippen molar-refractivity contribution in [1.29, 1.82) is 0 Å². The van der Waals surface area contributed by atoms with Crippen LogP contribution in [0, 0.1) is 0 Å². The standard InChI is InChI=1S/C17H23N3/c1-13(2)16-12-19-20(15-8-4-3-5-9-15)17(16)11-14-7-6-10-18-14/h3-5,8-9,12-14,18H,6-7,10-11H2,1-2H3. The van der Waals surface area contributed by atoms with E-state index in [4.69, 9.17) is 0 Å². The molecule has 3 nitrogen and oxygen atoms in total. The highest BCUT2D eigenvalue weighted by molar-refractivity contribution is 5.36. The van der Waals surface area contributed by atoms with Crippen molar-refractivity contribution in [3.63, 3.8) is 0 Å². The normalized spacial score (nSPS) is 18.9. The van der Waals surface area contributed by atoms with Crippen LogP contribution in [-0.4, -0.2) is 22.4 Å². The molecular weight excluding hydrogens is 246 g/mol. The lowest BCUT2D eigenvalue weighted by Crippen LogP contribution is -2.25. The summed E-state index contributed by atoms with van der Waals surface area (Å²) in [4.78, 5) is 0. The van der Waals surface area contributed by atoms with Crippen LogP contribution in [0.4, 0.5) is 0 Å². The molecule has 20 heavy (non-hydrogen) atoms. The van der Waals surface area contributed by atoms with Crippen LogP contribution in [0.15, 0.2) is 36.5 Å². The summed E-state index contributed by atoms with van der Waals surface area (Å²) in [5, 5.41) is 8.24. The third kappa shape index (κ3) is 2.63. The van der Waals surface area contributed by atoms with E-state index < -0.39 is 0 Å². The molecule has 0 saturated carbocycles. The van der Waals surface area contributed by atoms with Gasteiger partial charge in [0.05, 0.1) is 11.9 Å². The summed E-state index contributed by atoms with van der Waals surface area (Å²) in [5.74, 6) is 0.517. The molecule has 1 aliphatic heterocycles. The highest BCUT2D eigenvalue weighted by Gasteiger charge is 2.21. The fourth-order valence-corrected chi connectivity index (χ4v) is 3.03. The van der Waals surface area contributed by atoms with Crippen LogP contribution in [0.3, 0.4) is 0 Å². The van der Waals surface area contributed by atoms with Crippen molar-refractivity contribution < 1.29 is 0 Å². The van der Waals surface area contributed by atoms with Crippen LogP contribution in [0.5, 0.6) is 0 Å². The fraction of sp³-hybridized carbons (Fsp3) is 0.471. The van der Waals surface area contributed by atoms with E-state index in [0.717, 1.165) is 18.7 Å². The van der Waals surface area contributed by atoms with Gasteiger partial charge in [-0.2, -0.15) is 5.10 Å². The smallest absolute Gasteiger partial charge is 0.0648 e. The molecule has 2 aromatic rings. The highest BCUT2D eigenvalue weighted by atomic mass is 15.3. The van der Waals surface area contributed by atoms with E-state index in [0.29, 0.717) is 12.0 Å². The number of benzene rings is 1. The molecule has 1 fully saturated rings. The zero-order valence-electron chi connectivity index (χ0n) is 12.3. The van der Waals surface area contributed by atoms with Crippen molar-refractivity contribution >= 4 is 0 Å². The number of hydrogen-bond acceptors (Lipinski definition) is 2. The lowest BCUT2D eigenvalue weighted by molar-refractivity contribution is 0.578.